The number of nitrogens with one attached hydrogen (secondary N) is 1. The zero-order chi connectivity index (χ0) is 9.97. The number of rotatable bonds is 0. The normalized spacial score (nSPS) is 33.4. The van der Waals surface area contributed by atoms with Crippen LogP contribution in [0.15, 0.2) is 0 Å². The predicted octanol–water partition coefficient (Wildman–Crippen LogP) is 1.14. The van der Waals surface area contributed by atoms with Crippen molar-refractivity contribution in [3.63, 3.8) is 0 Å². The molecule has 0 aliphatic carbocycles. The zero-order valence-electron chi connectivity index (χ0n) is 8.96. The maximum atomic E-state index is 11.4. The Bertz CT molecular complexity index is 217. The highest BCUT2D eigenvalue weighted by atomic mass is 16.2. The van der Waals surface area contributed by atoms with Crippen LogP contribution in [-0.2, 0) is 4.79 Å². The van der Waals surface area contributed by atoms with E-state index in [0.717, 1.165) is 19.5 Å². The van der Waals surface area contributed by atoms with Gasteiger partial charge in [-0.2, -0.15) is 0 Å². The van der Waals surface area contributed by atoms with Crippen molar-refractivity contribution in [2.24, 2.45) is 0 Å². The molecule has 0 saturated carbocycles. The fourth-order valence-electron chi connectivity index (χ4n) is 2.78. The molecule has 0 spiro atoms. The van der Waals surface area contributed by atoms with E-state index in [1.165, 1.54) is 25.7 Å². The molecule has 2 rings (SSSR count). The maximum Gasteiger partial charge on any atom is 0.219 e. The van der Waals surface area contributed by atoms with Gasteiger partial charge in [0.2, 0.25) is 5.91 Å². The molecule has 2 aliphatic heterocycles. The summed E-state index contributed by atoms with van der Waals surface area (Å²) in [7, 11) is 0. The van der Waals surface area contributed by atoms with Gasteiger partial charge >= 0.3 is 0 Å². The molecule has 0 aromatic heterocycles. The first-order valence-electron chi connectivity index (χ1n) is 5.79. The van der Waals surface area contributed by atoms with E-state index < -0.39 is 0 Å². The number of nitrogens with zero attached hydrogens (tertiary/aromatic N) is 1. The summed E-state index contributed by atoms with van der Waals surface area (Å²) in [6, 6.07) is 1.05. The molecule has 1 amide bonds. The molecule has 2 aliphatic rings. The molecule has 0 radical (unpaired) electrons. The van der Waals surface area contributed by atoms with Crippen LogP contribution in [0.2, 0.25) is 0 Å². The Morgan fingerprint density at radius 2 is 2.14 bits per heavy atom. The van der Waals surface area contributed by atoms with Gasteiger partial charge in [-0.3, -0.25) is 4.79 Å². The van der Waals surface area contributed by atoms with Crippen molar-refractivity contribution in [2.75, 3.05) is 13.1 Å². The summed E-state index contributed by atoms with van der Waals surface area (Å²) in [5.41, 5.74) is 0. The Kier molecular flexibility index (Phi) is 3.06. The standard InChI is InChI=1S/C11H20N2O/c1-9(14)13-8-6-10-11(13)5-3-2-4-7-12-10/h10-12H,2-8H2,1H3/t10-,11+/m0/s1. The Morgan fingerprint density at radius 1 is 1.29 bits per heavy atom. The smallest absolute Gasteiger partial charge is 0.219 e. The van der Waals surface area contributed by atoms with Gasteiger partial charge in [0.05, 0.1) is 0 Å². The van der Waals surface area contributed by atoms with E-state index in [1.54, 1.807) is 6.92 Å². The minimum Gasteiger partial charge on any atom is -0.338 e. The van der Waals surface area contributed by atoms with Gasteiger partial charge in [-0.25, -0.2) is 0 Å². The van der Waals surface area contributed by atoms with Crippen LogP contribution in [0.1, 0.15) is 39.0 Å². The summed E-state index contributed by atoms with van der Waals surface area (Å²) in [5, 5.41) is 3.57. The maximum absolute atomic E-state index is 11.4. The highest BCUT2D eigenvalue weighted by Crippen LogP contribution is 2.24. The number of amides is 1. The third-order valence-corrected chi connectivity index (χ3v) is 3.53. The Balaban J connectivity index is 2.02. The largest absolute Gasteiger partial charge is 0.338 e. The van der Waals surface area contributed by atoms with Gasteiger partial charge in [0.15, 0.2) is 0 Å². The third kappa shape index (κ3) is 1.92. The second kappa shape index (κ2) is 4.30. The molecule has 3 heteroatoms. The van der Waals surface area contributed by atoms with Crippen molar-refractivity contribution in [3.05, 3.63) is 0 Å². The van der Waals surface area contributed by atoms with Crippen LogP contribution in [0.5, 0.6) is 0 Å². The summed E-state index contributed by atoms with van der Waals surface area (Å²) in [6.45, 7) is 3.78. The molecule has 2 atom stereocenters. The van der Waals surface area contributed by atoms with E-state index >= 15 is 0 Å². The van der Waals surface area contributed by atoms with Gasteiger partial charge in [0.1, 0.15) is 0 Å². The number of fused-ring (bicyclic) bond motifs is 1. The van der Waals surface area contributed by atoms with Crippen molar-refractivity contribution in [2.45, 2.75) is 51.1 Å². The highest BCUT2D eigenvalue weighted by Gasteiger charge is 2.35. The second-order valence-electron chi connectivity index (χ2n) is 4.48. The summed E-state index contributed by atoms with van der Waals surface area (Å²) in [5.74, 6) is 0.250. The monoisotopic (exact) mass is 196 g/mol. The number of hydrogen-bond acceptors (Lipinski definition) is 2. The van der Waals surface area contributed by atoms with Crippen LogP contribution in [-0.4, -0.2) is 36.0 Å². The molecule has 1 N–H and O–H groups in total. The SMILES string of the molecule is CC(=O)N1CC[C@@H]2NCCCCC[C@H]21. The first-order chi connectivity index (χ1) is 6.79. The van der Waals surface area contributed by atoms with Crippen LogP contribution in [0, 0.1) is 0 Å². The van der Waals surface area contributed by atoms with E-state index in [1.807, 2.05) is 0 Å². The fourth-order valence-corrected chi connectivity index (χ4v) is 2.78. The topological polar surface area (TPSA) is 32.3 Å². The van der Waals surface area contributed by atoms with Crippen molar-refractivity contribution in [3.8, 4) is 0 Å². The minimum absolute atomic E-state index is 0.250. The van der Waals surface area contributed by atoms with Gasteiger partial charge in [-0.1, -0.05) is 12.8 Å². The molecule has 14 heavy (non-hydrogen) atoms. The van der Waals surface area contributed by atoms with Crippen molar-refractivity contribution in [1.29, 1.82) is 0 Å². The zero-order valence-corrected chi connectivity index (χ0v) is 8.96. The van der Waals surface area contributed by atoms with Crippen LogP contribution in [0.25, 0.3) is 0 Å². The molecular formula is C11H20N2O. The molecular weight excluding hydrogens is 176 g/mol. The van der Waals surface area contributed by atoms with Gasteiger partial charge in [-0.15, -0.1) is 0 Å². The van der Waals surface area contributed by atoms with Crippen molar-refractivity contribution < 1.29 is 4.79 Å². The summed E-state index contributed by atoms with van der Waals surface area (Å²) >= 11 is 0. The van der Waals surface area contributed by atoms with E-state index in [9.17, 15) is 4.79 Å². The first kappa shape index (κ1) is 9.97. The lowest BCUT2D eigenvalue weighted by Gasteiger charge is -2.29. The molecule has 0 bridgehead atoms. The number of carbonyl (C=O) groups is 1. The van der Waals surface area contributed by atoms with Crippen molar-refractivity contribution in [1.82, 2.24) is 10.2 Å². The second-order valence-corrected chi connectivity index (χ2v) is 4.48. The van der Waals surface area contributed by atoms with E-state index in [2.05, 4.69) is 10.2 Å². The van der Waals surface area contributed by atoms with Crippen LogP contribution >= 0.6 is 0 Å². The van der Waals surface area contributed by atoms with E-state index in [4.69, 9.17) is 0 Å². The first-order valence-corrected chi connectivity index (χ1v) is 5.79. The molecule has 3 nitrogen and oxygen atoms in total. The average molecular weight is 196 g/mol. The Hall–Kier alpha value is -0.570. The highest BCUT2D eigenvalue weighted by molar-refractivity contribution is 5.74. The van der Waals surface area contributed by atoms with Crippen LogP contribution in [0.3, 0.4) is 0 Å². The van der Waals surface area contributed by atoms with Crippen molar-refractivity contribution >= 4 is 5.91 Å². The quantitative estimate of drug-likeness (QED) is 0.630. The number of hydrogen-bond donors (Lipinski definition) is 1. The van der Waals surface area contributed by atoms with E-state index in [-0.39, 0.29) is 5.91 Å². The van der Waals surface area contributed by atoms with Gasteiger partial charge in [-0.05, 0) is 25.8 Å². The lowest BCUT2D eigenvalue weighted by atomic mass is 9.99. The lowest BCUT2D eigenvalue weighted by Crippen LogP contribution is -2.45. The molecule has 0 unspecified atom stereocenters. The number of likely N-dealkylation sites (tertiary alicyclic amines) is 1. The van der Waals surface area contributed by atoms with E-state index in [0.29, 0.717) is 12.1 Å². The third-order valence-electron chi connectivity index (χ3n) is 3.53. The summed E-state index contributed by atoms with van der Waals surface area (Å²) < 4.78 is 0. The molecule has 80 valence electrons. The van der Waals surface area contributed by atoms with Crippen LogP contribution < -0.4 is 5.32 Å². The average Bonchev–Trinajstić information content (AvgIpc) is 2.47. The molecule has 2 saturated heterocycles. The van der Waals surface area contributed by atoms with Gasteiger partial charge in [0, 0.05) is 25.6 Å². The predicted molar refractivity (Wildman–Crippen MR) is 56.1 cm³/mol. The van der Waals surface area contributed by atoms with Crippen LogP contribution in [0.4, 0.5) is 0 Å². The molecule has 2 heterocycles. The molecule has 0 aromatic rings. The molecule has 0 aromatic carbocycles. The summed E-state index contributed by atoms with van der Waals surface area (Å²) in [6.07, 6.45) is 6.22. The summed E-state index contributed by atoms with van der Waals surface area (Å²) in [4.78, 5) is 13.5. The fraction of sp³-hybridized carbons (Fsp3) is 0.909. The minimum atomic E-state index is 0.250. The Labute approximate surface area is 85.8 Å². The van der Waals surface area contributed by atoms with Gasteiger partial charge in [0.25, 0.3) is 0 Å². The van der Waals surface area contributed by atoms with Gasteiger partial charge < -0.3 is 10.2 Å². The number of carbonyl (C=O) groups excluding carboxylic acids is 1. The Morgan fingerprint density at radius 3 is 2.93 bits per heavy atom. The molecule has 2 fully saturated rings. The lowest BCUT2D eigenvalue weighted by molar-refractivity contribution is -0.129.